The van der Waals surface area contributed by atoms with E-state index >= 15 is 0 Å². The normalized spacial score (nSPS) is 9.38. The molecule has 0 radical (unpaired) electrons. The predicted octanol–water partition coefficient (Wildman–Crippen LogP) is 3.24. The van der Waals surface area contributed by atoms with Crippen molar-refractivity contribution in [1.29, 1.82) is 5.26 Å². The molecule has 0 aliphatic rings. The summed E-state index contributed by atoms with van der Waals surface area (Å²) in [5.41, 5.74) is 0.0766. The SMILES string of the molecule is N#Cc1c(Cl)cc(Cl)cc1C(=O)Cl. The van der Waals surface area contributed by atoms with Gasteiger partial charge in [0.15, 0.2) is 0 Å². The van der Waals surface area contributed by atoms with E-state index in [1.165, 1.54) is 12.1 Å². The zero-order chi connectivity index (χ0) is 10.0. The fraction of sp³-hybridized carbons (Fsp3) is 0. The Labute approximate surface area is 89.6 Å². The van der Waals surface area contributed by atoms with E-state index < -0.39 is 5.24 Å². The van der Waals surface area contributed by atoms with Crippen LogP contribution in [0.5, 0.6) is 0 Å². The van der Waals surface area contributed by atoms with Gasteiger partial charge in [0, 0.05) is 5.02 Å². The van der Waals surface area contributed by atoms with Crippen LogP contribution < -0.4 is 0 Å². The van der Waals surface area contributed by atoms with Crippen LogP contribution in [0.3, 0.4) is 0 Å². The summed E-state index contributed by atoms with van der Waals surface area (Å²) < 4.78 is 0. The lowest BCUT2D eigenvalue weighted by Gasteiger charge is -2.00. The molecule has 0 amide bonds. The minimum Gasteiger partial charge on any atom is -0.276 e. The number of nitriles is 1. The van der Waals surface area contributed by atoms with Crippen molar-refractivity contribution in [1.82, 2.24) is 0 Å². The van der Waals surface area contributed by atoms with Gasteiger partial charge in [-0.3, -0.25) is 4.79 Å². The van der Waals surface area contributed by atoms with E-state index in [4.69, 9.17) is 40.1 Å². The predicted molar refractivity (Wildman–Crippen MR) is 51.4 cm³/mol. The minimum atomic E-state index is -0.749. The molecule has 0 heterocycles. The van der Waals surface area contributed by atoms with E-state index in [9.17, 15) is 4.79 Å². The first kappa shape index (κ1) is 10.3. The van der Waals surface area contributed by atoms with Gasteiger partial charge in [-0.15, -0.1) is 0 Å². The first-order valence-electron chi connectivity index (χ1n) is 3.15. The molecule has 0 aliphatic carbocycles. The van der Waals surface area contributed by atoms with Gasteiger partial charge >= 0.3 is 0 Å². The van der Waals surface area contributed by atoms with E-state index in [2.05, 4.69) is 0 Å². The molecule has 2 nitrogen and oxygen atoms in total. The highest BCUT2D eigenvalue weighted by atomic mass is 35.5. The fourth-order valence-electron chi connectivity index (χ4n) is 0.842. The van der Waals surface area contributed by atoms with E-state index in [0.717, 1.165) is 0 Å². The van der Waals surface area contributed by atoms with Crippen LogP contribution in [0, 0.1) is 11.3 Å². The molecule has 0 saturated carbocycles. The number of nitrogens with zero attached hydrogens (tertiary/aromatic N) is 1. The van der Waals surface area contributed by atoms with Crippen molar-refractivity contribution in [2.24, 2.45) is 0 Å². The van der Waals surface area contributed by atoms with Gasteiger partial charge in [-0.2, -0.15) is 5.26 Å². The van der Waals surface area contributed by atoms with Crippen LogP contribution in [0.2, 0.25) is 10.0 Å². The van der Waals surface area contributed by atoms with Crippen LogP contribution in [-0.4, -0.2) is 5.24 Å². The third-order valence-corrected chi connectivity index (χ3v) is 2.10. The number of carbonyl (C=O) groups is 1. The summed E-state index contributed by atoms with van der Waals surface area (Å²) in [5.74, 6) is 0. The highest BCUT2D eigenvalue weighted by molar-refractivity contribution is 6.68. The van der Waals surface area contributed by atoms with Crippen LogP contribution in [0.1, 0.15) is 15.9 Å². The van der Waals surface area contributed by atoms with Crippen molar-refractivity contribution < 1.29 is 4.79 Å². The van der Waals surface area contributed by atoms with Gasteiger partial charge in [-0.1, -0.05) is 23.2 Å². The zero-order valence-corrected chi connectivity index (χ0v) is 8.41. The van der Waals surface area contributed by atoms with E-state index in [0.29, 0.717) is 0 Å². The number of carbonyl (C=O) groups excluding carboxylic acids is 1. The number of halogens is 3. The van der Waals surface area contributed by atoms with Crippen molar-refractivity contribution in [2.45, 2.75) is 0 Å². The van der Waals surface area contributed by atoms with E-state index in [-0.39, 0.29) is 21.2 Å². The molecule has 0 N–H and O–H groups in total. The van der Waals surface area contributed by atoms with Gasteiger partial charge in [0.25, 0.3) is 5.24 Å². The molecule has 0 aromatic heterocycles. The topological polar surface area (TPSA) is 40.9 Å². The molecule has 66 valence electrons. The average Bonchev–Trinajstić information content (AvgIpc) is 2.02. The molecule has 0 spiro atoms. The zero-order valence-electron chi connectivity index (χ0n) is 6.14. The van der Waals surface area contributed by atoms with Gasteiger partial charge in [0.2, 0.25) is 0 Å². The lowest BCUT2D eigenvalue weighted by Crippen LogP contribution is -1.94. The Hall–Kier alpha value is -0.750. The molecule has 1 rings (SSSR count). The summed E-state index contributed by atoms with van der Waals surface area (Å²) in [7, 11) is 0. The van der Waals surface area contributed by atoms with Crippen LogP contribution in [0.4, 0.5) is 0 Å². The Morgan fingerprint density at radius 3 is 2.46 bits per heavy atom. The second-order valence-corrected chi connectivity index (χ2v) is 3.38. The summed E-state index contributed by atoms with van der Waals surface area (Å²) in [6.07, 6.45) is 0. The van der Waals surface area contributed by atoms with E-state index in [1.807, 2.05) is 0 Å². The van der Waals surface area contributed by atoms with Crippen LogP contribution in [0.15, 0.2) is 12.1 Å². The van der Waals surface area contributed by atoms with Crippen LogP contribution >= 0.6 is 34.8 Å². The maximum atomic E-state index is 10.8. The minimum absolute atomic E-state index is 0.0293. The number of benzene rings is 1. The quantitative estimate of drug-likeness (QED) is 0.700. The number of hydrogen-bond acceptors (Lipinski definition) is 2. The molecule has 0 saturated heterocycles. The molecular formula is C8H2Cl3NO. The van der Waals surface area contributed by atoms with Crippen molar-refractivity contribution in [2.75, 3.05) is 0 Å². The molecule has 1 aromatic carbocycles. The first-order valence-corrected chi connectivity index (χ1v) is 4.28. The van der Waals surface area contributed by atoms with Crippen molar-refractivity contribution in [3.05, 3.63) is 33.3 Å². The molecule has 0 bridgehead atoms. The summed E-state index contributed by atoms with van der Waals surface area (Å²) in [4.78, 5) is 10.8. The van der Waals surface area contributed by atoms with Gasteiger partial charge in [0.1, 0.15) is 6.07 Å². The largest absolute Gasteiger partial charge is 0.276 e. The van der Waals surface area contributed by atoms with Gasteiger partial charge in [-0.05, 0) is 23.7 Å². The first-order chi connectivity index (χ1) is 6.06. The summed E-state index contributed by atoms with van der Waals surface area (Å²) >= 11 is 16.5. The Balaban J connectivity index is 3.50. The average molecular weight is 234 g/mol. The van der Waals surface area contributed by atoms with Crippen molar-refractivity contribution >= 4 is 40.0 Å². The smallest absolute Gasteiger partial charge is 0.253 e. The maximum absolute atomic E-state index is 10.8. The van der Waals surface area contributed by atoms with Gasteiger partial charge in [0.05, 0.1) is 16.1 Å². The molecule has 5 heteroatoms. The fourth-order valence-corrected chi connectivity index (χ4v) is 1.53. The molecule has 13 heavy (non-hydrogen) atoms. The van der Waals surface area contributed by atoms with Gasteiger partial charge in [-0.25, -0.2) is 0 Å². The summed E-state index contributed by atoms with van der Waals surface area (Å²) in [6.45, 7) is 0. The number of rotatable bonds is 1. The summed E-state index contributed by atoms with van der Waals surface area (Å²) in [6, 6.07) is 4.46. The lowest BCUT2D eigenvalue weighted by atomic mass is 10.1. The highest BCUT2D eigenvalue weighted by Crippen LogP contribution is 2.25. The number of hydrogen-bond donors (Lipinski definition) is 0. The standard InChI is InChI=1S/C8H2Cl3NO/c9-4-1-5(8(11)13)6(3-12)7(10)2-4/h1-2H. The third-order valence-electron chi connectivity index (χ3n) is 1.38. The molecule has 0 unspecified atom stereocenters. The van der Waals surface area contributed by atoms with Gasteiger partial charge < -0.3 is 0 Å². The van der Waals surface area contributed by atoms with E-state index in [1.54, 1.807) is 6.07 Å². The van der Waals surface area contributed by atoms with Crippen LogP contribution in [0.25, 0.3) is 0 Å². The Kier molecular flexibility index (Phi) is 3.16. The molecule has 0 fully saturated rings. The Morgan fingerprint density at radius 2 is 2.00 bits per heavy atom. The lowest BCUT2D eigenvalue weighted by molar-refractivity contribution is 0.108. The van der Waals surface area contributed by atoms with Crippen molar-refractivity contribution in [3.63, 3.8) is 0 Å². The van der Waals surface area contributed by atoms with Crippen molar-refractivity contribution in [3.8, 4) is 6.07 Å². The molecule has 0 atom stereocenters. The van der Waals surface area contributed by atoms with Crippen LogP contribution in [-0.2, 0) is 0 Å². The highest BCUT2D eigenvalue weighted by Gasteiger charge is 2.13. The Morgan fingerprint density at radius 1 is 1.38 bits per heavy atom. The summed E-state index contributed by atoms with van der Waals surface area (Å²) in [5, 5.41) is 8.30. The second kappa shape index (κ2) is 3.97. The Bertz CT molecular complexity index is 409. The third kappa shape index (κ3) is 2.13. The maximum Gasteiger partial charge on any atom is 0.253 e. The monoisotopic (exact) mass is 233 g/mol. The second-order valence-electron chi connectivity index (χ2n) is 2.20. The molecule has 0 aliphatic heterocycles. The molecular weight excluding hydrogens is 232 g/mol. The molecule has 1 aromatic rings.